The summed E-state index contributed by atoms with van der Waals surface area (Å²) >= 11 is 0. The molecule has 0 aliphatic carbocycles. The third-order valence-corrected chi connectivity index (χ3v) is 4.81. The van der Waals surface area contributed by atoms with Crippen molar-refractivity contribution in [3.8, 4) is 16.9 Å². The fourth-order valence-corrected chi connectivity index (χ4v) is 3.29. The first-order valence-electron chi connectivity index (χ1n) is 9.40. The molecule has 0 saturated carbocycles. The number of benzene rings is 5. The Balaban J connectivity index is 0.000000143. The number of hydrogen-bond donors (Lipinski definition) is 0. The minimum Gasteiger partial charge on any atom is -0.497 e. The summed E-state index contributed by atoms with van der Waals surface area (Å²) in [6.07, 6.45) is 0. The molecule has 0 aliphatic rings. The number of fused-ring (bicyclic) bond motifs is 2. The molecule has 0 aromatic heterocycles. The Morgan fingerprint density at radius 1 is 0.429 bits per heavy atom. The number of rotatable bonds is 2. The summed E-state index contributed by atoms with van der Waals surface area (Å²) in [5.41, 5.74) is 2.55. The lowest BCUT2D eigenvalue weighted by atomic mass is 10.0. The lowest BCUT2D eigenvalue weighted by Gasteiger charge is -2.03. The Morgan fingerprint density at radius 2 is 0.964 bits per heavy atom. The second-order valence-electron chi connectivity index (χ2n) is 6.64. The fourth-order valence-electron chi connectivity index (χ4n) is 3.29. The number of hydrogen-bond acceptors (Lipinski definition) is 1. The zero-order valence-corrected chi connectivity index (χ0v) is 15.9. The molecule has 1 nitrogen and oxygen atoms in total. The molecule has 0 N–H and O–H groups in total. The Kier molecular flexibility index (Phi) is 5.35. The van der Waals surface area contributed by atoms with Crippen LogP contribution in [0.25, 0.3) is 32.7 Å². The van der Waals surface area contributed by atoms with Gasteiger partial charge in [0.25, 0.3) is 0 Å². The Bertz CT molecular complexity index is 1190. The van der Waals surface area contributed by atoms with Gasteiger partial charge in [-0.05, 0) is 50.9 Å². The quantitative estimate of drug-likeness (QED) is 0.319. The number of ether oxygens (including phenoxy) is 1. The minimum absolute atomic E-state index is 0.911. The van der Waals surface area contributed by atoms with Gasteiger partial charge >= 0.3 is 0 Å². The van der Waals surface area contributed by atoms with E-state index in [0.29, 0.717) is 0 Å². The molecule has 0 atom stereocenters. The van der Waals surface area contributed by atoms with Gasteiger partial charge in [-0.2, -0.15) is 0 Å². The maximum Gasteiger partial charge on any atom is 0.119 e. The highest BCUT2D eigenvalue weighted by Gasteiger charge is 1.98. The van der Waals surface area contributed by atoms with E-state index in [0.717, 1.165) is 5.75 Å². The largest absolute Gasteiger partial charge is 0.497 e. The van der Waals surface area contributed by atoms with Crippen molar-refractivity contribution in [1.29, 1.82) is 0 Å². The van der Waals surface area contributed by atoms with Gasteiger partial charge in [-0.1, -0.05) is 97.1 Å². The van der Waals surface area contributed by atoms with Crippen molar-refractivity contribution in [3.05, 3.63) is 115 Å². The van der Waals surface area contributed by atoms with E-state index in [1.54, 1.807) is 7.11 Å². The first kappa shape index (κ1) is 17.8. The van der Waals surface area contributed by atoms with Crippen LogP contribution in [0, 0.1) is 0 Å². The topological polar surface area (TPSA) is 9.23 Å². The van der Waals surface area contributed by atoms with Gasteiger partial charge in [-0.25, -0.2) is 0 Å². The van der Waals surface area contributed by atoms with E-state index in [9.17, 15) is 0 Å². The van der Waals surface area contributed by atoms with Crippen LogP contribution in [0.5, 0.6) is 5.75 Å². The van der Waals surface area contributed by atoms with Gasteiger partial charge < -0.3 is 4.74 Å². The van der Waals surface area contributed by atoms with E-state index in [4.69, 9.17) is 4.74 Å². The normalized spacial score (nSPS) is 10.3. The molecule has 0 heterocycles. The van der Waals surface area contributed by atoms with Crippen molar-refractivity contribution in [2.75, 3.05) is 7.11 Å². The van der Waals surface area contributed by atoms with Crippen LogP contribution < -0.4 is 4.74 Å². The molecule has 1 heteroatoms. The SMILES string of the molecule is COc1ccc2ccccc2c1.c1ccc(-c2ccc3ccccc3c2)cc1. The first-order chi connectivity index (χ1) is 13.8. The average Bonchev–Trinajstić information content (AvgIpc) is 2.79. The molecule has 28 heavy (non-hydrogen) atoms. The Labute approximate surface area is 165 Å². The van der Waals surface area contributed by atoms with Gasteiger partial charge in [0.2, 0.25) is 0 Å². The summed E-state index contributed by atoms with van der Waals surface area (Å²) in [7, 11) is 1.68. The minimum atomic E-state index is 0.911. The predicted molar refractivity (Wildman–Crippen MR) is 120 cm³/mol. The van der Waals surface area contributed by atoms with Gasteiger partial charge in [0, 0.05) is 0 Å². The van der Waals surface area contributed by atoms with Crippen LogP contribution in [0.3, 0.4) is 0 Å². The van der Waals surface area contributed by atoms with Crippen LogP contribution in [0.15, 0.2) is 115 Å². The van der Waals surface area contributed by atoms with E-state index in [1.807, 2.05) is 30.3 Å². The third-order valence-electron chi connectivity index (χ3n) is 4.81. The van der Waals surface area contributed by atoms with Crippen molar-refractivity contribution in [2.24, 2.45) is 0 Å². The summed E-state index contributed by atoms with van der Waals surface area (Å²) in [5, 5.41) is 5.06. The molecular formula is C27H22O. The summed E-state index contributed by atoms with van der Waals surface area (Å²) in [6, 6.07) is 39.8. The standard InChI is InChI=1S/C16H12.C11H10O/c1-2-6-13(7-3-1)16-11-10-14-8-4-5-9-15(14)12-16;1-12-11-7-6-9-4-2-3-5-10(9)8-11/h1-12H;2-8H,1H3. The van der Waals surface area contributed by atoms with Crippen LogP contribution in [-0.4, -0.2) is 7.11 Å². The lowest BCUT2D eigenvalue weighted by molar-refractivity contribution is 0.415. The summed E-state index contributed by atoms with van der Waals surface area (Å²) in [6.45, 7) is 0. The van der Waals surface area contributed by atoms with E-state index in [-0.39, 0.29) is 0 Å². The van der Waals surface area contributed by atoms with Gasteiger partial charge in [0.15, 0.2) is 0 Å². The summed E-state index contributed by atoms with van der Waals surface area (Å²) in [5.74, 6) is 0.911. The maximum absolute atomic E-state index is 5.12. The highest BCUT2D eigenvalue weighted by atomic mass is 16.5. The van der Waals surface area contributed by atoms with Crippen molar-refractivity contribution in [2.45, 2.75) is 0 Å². The molecule has 5 aromatic rings. The van der Waals surface area contributed by atoms with Crippen LogP contribution in [0.4, 0.5) is 0 Å². The second kappa shape index (κ2) is 8.41. The van der Waals surface area contributed by atoms with E-state index in [2.05, 4.69) is 84.9 Å². The molecule has 0 aliphatic heterocycles. The first-order valence-corrected chi connectivity index (χ1v) is 9.40. The van der Waals surface area contributed by atoms with Gasteiger partial charge in [-0.15, -0.1) is 0 Å². The van der Waals surface area contributed by atoms with E-state index < -0.39 is 0 Å². The average molecular weight is 362 g/mol. The molecule has 0 spiro atoms. The maximum atomic E-state index is 5.12. The van der Waals surface area contributed by atoms with Crippen LogP contribution >= 0.6 is 0 Å². The highest BCUT2D eigenvalue weighted by molar-refractivity contribution is 5.87. The van der Waals surface area contributed by atoms with Crippen molar-refractivity contribution in [3.63, 3.8) is 0 Å². The van der Waals surface area contributed by atoms with Crippen LogP contribution in [0.1, 0.15) is 0 Å². The molecule has 0 fully saturated rings. The summed E-state index contributed by atoms with van der Waals surface area (Å²) in [4.78, 5) is 0. The molecule has 5 aromatic carbocycles. The van der Waals surface area contributed by atoms with Crippen molar-refractivity contribution >= 4 is 21.5 Å². The zero-order chi connectivity index (χ0) is 19.2. The van der Waals surface area contributed by atoms with Gasteiger partial charge in [0.05, 0.1) is 7.11 Å². The van der Waals surface area contributed by atoms with Crippen molar-refractivity contribution < 1.29 is 4.74 Å². The van der Waals surface area contributed by atoms with E-state index in [1.165, 1.54) is 32.7 Å². The Morgan fingerprint density at radius 3 is 1.61 bits per heavy atom. The van der Waals surface area contributed by atoms with Gasteiger partial charge in [-0.3, -0.25) is 0 Å². The molecule has 0 unspecified atom stereocenters. The second-order valence-corrected chi connectivity index (χ2v) is 6.64. The highest BCUT2D eigenvalue weighted by Crippen LogP contribution is 2.24. The van der Waals surface area contributed by atoms with E-state index >= 15 is 0 Å². The molecule has 0 bridgehead atoms. The van der Waals surface area contributed by atoms with Crippen molar-refractivity contribution in [1.82, 2.24) is 0 Å². The zero-order valence-electron chi connectivity index (χ0n) is 15.9. The molecular weight excluding hydrogens is 340 g/mol. The monoisotopic (exact) mass is 362 g/mol. The predicted octanol–water partition coefficient (Wildman–Crippen LogP) is 7.36. The summed E-state index contributed by atoms with van der Waals surface area (Å²) < 4.78 is 5.12. The third kappa shape index (κ3) is 4.05. The molecule has 136 valence electrons. The van der Waals surface area contributed by atoms with Crippen LogP contribution in [-0.2, 0) is 0 Å². The smallest absolute Gasteiger partial charge is 0.119 e. The lowest BCUT2D eigenvalue weighted by Crippen LogP contribution is -1.81. The molecule has 0 amide bonds. The number of methoxy groups -OCH3 is 1. The molecule has 5 rings (SSSR count). The molecule has 0 radical (unpaired) electrons. The Hall–Kier alpha value is -3.58. The fraction of sp³-hybridized carbons (Fsp3) is 0.0370. The van der Waals surface area contributed by atoms with Crippen LogP contribution in [0.2, 0.25) is 0 Å². The van der Waals surface area contributed by atoms with Gasteiger partial charge in [0.1, 0.15) is 5.75 Å². The molecule has 0 saturated heterocycles.